The van der Waals surface area contributed by atoms with Crippen molar-refractivity contribution in [3.63, 3.8) is 0 Å². The van der Waals surface area contributed by atoms with Crippen molar-refractivity contribution in [2.45, 2.75) is 184 Å². The predicted octanol–water partition coefficient (Wildman–Crippen LogP) is 2.99. The zero-order chi connectivity index (χ0) is 33.5. The summed E-state index contributed by atoms with van der Waals surface area (Å²) in [6.45, 7) is 3.11. The molecule has 266 valence electrons. The van der Waals surface area contributed by atoms with Gasteiger partial charge < -0.3 is 50.5 Å². The molecular formula is C34H65NO10. The number of nitrogens with one attached hydrogen (secondary N) is 1. The molecule has 1 heterocycles. The van der Waals surface area contributed by atoms with Gasteiger partial charge in [-0.3, -0.25) is 4.79 Å². The Morgan fingerprint density at radius 1 is 0.756 bits per heavy atom. The fourth-order valence-corrected chi connectivity index (χ4v) is 5.48. The van der Waals surface area contributed by atoms with E-state index in [-0.39, 0.29) is 12.8 Å². The molecular weight excluding hydrogens is 582 g/mol. The fourth-order valence-electron chi connectivity index (χ4n) is 5.48. The van der Waals surface area contributed by atoms with Crippen LogP contribution in [0.5, 0.6) is 0 Å². The van der Waals surface area contributed by atoms with Gasteiger partial charge in [0.15, 0.2) is 6.29 Å². The van der Waals surface area contributed by atoms with Gasteiger partial charge in [0.25, 0.3) is 0 Å². The van der Waals surface area contributed by atoms with E-state index in [0.717, 1.165) is 44.9 Å². The van der Waals surface area contributed by atoms with Gasteiger partial charge in [-0.2, -0.15) is 0 Å². The highest BCUT2D eigenvalue weighted by molar-refractivity contribution is 5.80. The van der Waals surface area contributed by atoms with Crippen LogP contribution >= 0.6 is 0 Å². The van der Waals surface area contributed by atoms with E-state index in [1.54, 1.807) is 0 Å². The number of ether oxygens (including phenoxy) is 2. The fraction of sp³-hybridized carbons (Fsp3) is 0.912. The largest absolute Gasteiger partial charge is 0.394 e. The molecule has 11 nitrogen and oxygen atoms in total. The summed E-state index contributed by atoms with van der Waals surface area (Å²) in [6, 6.07) is -1.16. The smallest absolute Gasteiger partial charge is 0.249 e. The van der Waals surface area contributed by atoms with Gasteiger partial charge in [-0.1, -0.05) is 103 Å². The summed E-state index contributed by atoms with van der Waals surface area (Å²) >= 11 is 0. The zero-order valence-electron chi connectivity index (χ0n) is 27.8. The number of hydrogen-bond acceptors (Lipinski definition) is 10. The molecule has 0 aliphatic carbocycles. The molecule has 8 N–H and O–H groups in total. The topological polar surface area (TPSA) is 189 Å². The van der Waals surface area contributed by atoms with Gasteiger partial charge in [0.05, 0.1) is 25.4 Å². The number of aliphatic hydroxyl groups excluding tert-OH is 7. The quantitative estimate of drug-likeness (QED) is 0.0486. The molecule has 0 radical (unpaired) electrons. The van der Waals surface area contributed by atoms with E-state index < -0.39 is 74.2 Å². The van der Waals surface area contributed by atoms with E-state index in [0.29, 0.717) is 12.8 Å². The number of allylic oxidation sites excluding steroid dienone is 2. The molecule has 1 fully saturated rings. The first-order valence-corrected chi connectivity index (χ1v) is 17.6. The summed E-state index contributed by atoms with van der Waals surface area (Å²) in [6.07, 6.45) is 11.3. The van der Waals surface area contributed by atoms with Gasteiger partial charge in [-0.15, -0.1) is 0 Å². The third kappa shape index (κ3) is 17.5. The third-order valence-corrected chi connectivity index (χ3v) is 8.57. The molecule has 1 aliphatic heterocycles. The predicted molar refractivity (Wildman–Crippen MR) is 173 cm³/mol. The minimum Gasteiger partial charge on any atom is -0.394 e. The highest BCUT2D eigenvalue weighted by Gasteiger charge is 2.44. The average Bonchev–Trinajstić information content (AvgIpc) is 3.04. The molecule has 1 rings (SSSR count). The second kappa shape index (κ2) is 25.9. The monoisotopic (exact) mass is 647 g/mol. The minimum absolute atomic E-state index is 0.252. The Kier molecular flexibility index (Phi) is 24.1. The number of amides is 1. The first kappa shape index (κ1) is 41.9. The first-order valence-electron chi connectivity index (χ1n) is 17.6. The summed E-state index contributed by atoms with van der Waals surface area (Å²) in [5.74, 6) is -0.716. The summed E-state index contributed by atoms with van der Waals surface area (Å²) < 4.78 is 10.9. The molecule has 1 aliphatic rings. The van der Waals surface area contributed by atoms with Crippen molar-refractivity contribution >= 4 is 5.91 Å². The van der Waals surface area contributed by atoms with Gasteiger partial charge in [0.2, 0.25) is 5.91 Å². The summed E-state index contributed by atoms with van der Waals surface area (Å²) in [5.41, 5.74) is 0. The van der Waals surface area contributed by atoms with Gasteiger partial charge in [0.1, 0.15) is 36.6 Å². The van der Waals surface area contributed by atoms with Crippen LogP contribution in [0, 0.1) is 0 Å². The van der Waals surface area contributed by atoms with Crippen LogP contribution < -0.4 is 5.32 Å². The van der Waals surface area contributed by atoms with Crippen LogP contribution in [0.15, 0.2) is 12.2 Å². The Labute approximate surface area is 271 Å². The number of carbonyl (C=O) groups is 1. The Morgan fingerprint density at radius 3 is 1.89 bits per heavy atom. The lowest BCUT2D eigenvalue weighted by atomic mass is 9.99. The van der Waals surface area contributed by atoms with Crippen LogP contribution in [0.4, 0.5) is 0 Å². The molecule has 0 aromatic carbocycles. The lowest BCUT2D eigenvalue weighted by Gasteiger charge is -2.40. The molecule has 0 aromatic heterocycles. The van der Waals surface area contributed by atoms with E-state index in [4.69, 9.17) is 9.47 Å². The van der Waals surface area contributed by atoms with E-state index >= 15 is 0 Å². The lowest BCUT2D eigenvalue weighted by molar-refractivity contribution is -0.303. The second-order valence-electron chi connectivity index (χ2n) is 12.6. The second-order valence-corrected chi connectivity index (χ2v) is 12.6. The van der Waals surface area contributed by atoms with Crippen molar-refractivity contribution in [2.24, 2.45) is 0 Å². The standard InChI is InChI=1S/C34H65NO10/c1-3-5-7-8-9-10-11-12-13-14-15-16-17-18-19-20-22-27(38)33(43)35-25(29(39)26(37)21-6-4-2)24-44-34-32(42)31(41)30(40)28(23-36)45-34/h12-13,25-32,34,36-42H,3-11,14-24H2,1-2H3,(H,35,43)/b13-12-. The molecule has 11 heteroatoms. The summed E-state index contributed by atoms with van der Waals surface area (Å²) in [4.78, 5) is 12.8. The number of hydrogen-bond donors (Lipinski definition) is 8. The summed E-state index contributed by atoms with van der Waals surface area (Å²) in [5, 5.41) is 73.9. The van der Waals surface area contributed by atoms with Crippen LogP contribution in [0.25, 0.3) is 0 Å². The maximum atomic E-state index is 12.8. The number of carbonyl (C=O) groups excluding carboxylic acids is 1. The normalized spacial score (nSPS) is 24.9. The number of rotatable bonds is 27. The maximum absolute atomic E-state index is 12.8. The Hall–Kier alpha value is -1.15. The van der Waals surface area contributed by atoms with Crippen molar-refractivity contribution < 1.29 is 50.0 Å². The Bertz CT molecular complexity index is 754. The van der Waals surface area contributed by atoms with Crippen LogP contribution in [0.3, 0.4) is 0 Å². The Morgan fingerprint density at radius 2 is 1.31 bits per heavy atom. The number of aliphatic hydroxyl groups is 7. The van der Waals surface area contributed by atoms with Crippen molar-refractivity contribution in [2.75, 3.05) is 13.2 Å². The van der Waals surface area contributed by atoms with Crippen LogP contribution in [0.1, 0.15) is 129 Å². The van der Waals surface area contributed by atoms with Gasteiger partial charge >= 0.3 is 0 Å². The lowest BCUT2D eigenvalue weighted by Crippen LogP contribution is -2.60. The molecule has 9 atom stereocenters. The van der Waals surface area contributed by atoms with Crippen LogP contribution in [0.2, 0.25) is 0 Å². The highest BCUT2D eigenvalue weighted by Crippen LogP contribution is 2.23. The molecule has 45 heavy (non-hydrogen) atoms. The van der Waals surface area contributed by atoms with Crippen molar-refractivity contribution in [1.82, 2.24) is 5.32 Å². The van der Waals surface area contributed by atoms with E-state index in [2.05, 4.69) is 24.4 Å². The number of unbranched alkanes of at least 4 members (excludes halogenated alkanes) is 13. The van der Waals surface area contributed by atoms with Gasteiger partial charge in [-0.05, 0) is 38.5 Å². The van der Waals surface area contributed by atoms with Gasteiger partial charge in [-0.25, -0.2) is 0 Å². The molecule has 1 amide bonds. The molecule has 0 bridgehead atoms. The first-order chi connectivity index (χ1) is 21.7. The van der Waals surface area contributed by atoms with Crippen LogP contribution in [-0.4, -0.2) is 110 Å². The van der Waals surface area contributed by atoms with E-state index in [1.165, 1.54) is 44.9 Å². The van der Waals surface area contributed by atoms with Crippen molar-refractivity contribution in [1.29, 1.82) is 0 Å². The molecule has 0 saturated carbocycles. The van der Waals surface area contributed by atoms with Gasteiger partial charge in [0, 0.05) is 0 Å². The third-order valence-electron chi connectivity index (χ3n) is 8.57. The zero-order valence-corrected chi connectivity index (χ0v) is 27.8. The maximum Gasteiger partial charge on any atom is 0.249 e. The molecule has 0 spiro atoms. The molecule has 0 aromatic rings. The van der Waals surface area contributed by atoms with Crippen molar-refractivity contribution in [3.05, 3.63) is 12.2 Å². The average molecular weight is 648 g/mol. The van der Waals surface area contributed by atoms with E-state index in [9.17, 15) is 40.5 Å². The van der Waals surface area contributed by atoms with Crippen LogP contribution in [-0.2, 0) is 14.3 Å². The molecule has 9 unspecified atom stereocenters. The minimum atomic E-state index is -1.65. The van der Waals surface area contributed by atoms with Crippen molar-refractivity contribution in [3.8, 4) is 0 Å². The highest BCUT2D eigenvalue weighted by atomic mass is 16.7. The van der Waals surface area contributed by atoms with E-state index in [1.807, 2.05) is 6.92 Å². The Balaban J connectivity index is 2.40. The molecule has 1 saturated heterocycles. The summed E-state index contributed by atoms with van der Waals surface area (Å²) in [7, 11) is 0. The SMILES string of the molecule is CCCCCCCC/C=C\CCCCCCCCC(O)C(=O)NC(COC1OC(CO)C(O)C(O)C1O)C(O)C(O)CCCC.